The molecule has 0 heterocycles. The highest BCUT2D eigenvalue weighted by Gasteiger charge is 2.29. The zero-order chi connectivity index (χ0) is 9.68. The molecule has 0 bridgehead atoms. The molecule has 0 radical (unpaired) electrons. The van der Waals surface area contributed by atoms with Crippen molar-refractivity contribution in [3.63, 3.8) is 0 Å². The van der Waals surface area contributed by atoms with E-state index in [-0.39, 0.29) is 0 Å². The first-order chi connectivity index (χ1) is 6.25. The lowest BCUT2D eigenvalue weighted by atomic mass is 10.2. The maximum absolute atomic E-state index is 5.14. The zero-order valence-electron chi connectivity index (χ0n) is 8.71. The summed E-state index contributed by atoms with van der Waals surface area (Å²) in [6, 6.07) is 0.743. The Hall–Kier alpha value is -0.520. The Morgan fingerprint density at radius 3 is 2.85 bits per heavy atom. The molecule has 74 valence electrons. The van der Waals surface area contributed by atoms with Gasteiger partial charge in [-0.05, 0) is 32.7 Å². The Bertz CT molecular complexity index is 179. The van der Waals surface area contributed by atoms with E-state index in [0.29, 0.717) is 6.54 Å². The van der Waals surface area contributed by atoms with Gasteiger partial charge in [0.1, 0.15) is 0 Å². The summed E-state index contributed by atoms with van der Waals surface area (Å²) >= 11 is 0. The third kappa shape index (κ3) is 3.80. The molecule has 1 fully saturated rings. The van der Waals surface area contributed by atoms with Crippen LogP contribution in [0.2, 0.25) is 0 Å². The van der Waals surface area contributed by atoms with Gasteiger partial charge in [0, 0.05) is 19.1 Å². The van der Waals surface area contributed by atoms with Crippen LogP contribution in [-0.4, -0.2) is 37.6 Å². The largest absolute Gasteiger partial charge is 0.305 e. The lowest BCUT2D eigenvalue weighted by Gasteiger charge is -2.24. The van der Waals surface area contributed by atoms with Gasteiger partial charge >= 0.3 is 0 Å². The van der Waals surface area contributed by atoms with E-state index in [2.05, 4.69) is 30.1 Å². The number of hydrogen-bond acceptors (Lipinski definition) is 2. The van der Waals surface area contributed by atoms with Crippen molar-refractivity contribution >= 4 is 0 Å². The summed E-state index contributed by atoms with van der Waals surface area (Å²) in [5, 5.41) is 3.20. The van der Waals surface area contributed by atoms with Crippen LogP contribution in [0.1, 0.15) is 19.8 Å². The summed E-state index contributed by atoms with van der Waals surface area (Å²) in [5.74, 6) is 3.53. The fraction of sp³-hybridized carbons (Fsp3) is 0.818. The molecule has 1 unspecified atom stereocenters. The lowest BCUT2D eigenvalue weighted by molar-refractivity contribution is 0.236. The van der Waals surface area contributed by atoms with Crippen LogP contribution < -0.4 is 5.32 Å². The molecule has 13 heavy (non-hydrogen) atoms. The van der Waals surface area contributed by atoms with Gasteiger partial charge in [-0.3, -0.25) is 0 Å². The van der Waals surface area contributed by atoms with E-state index in [0.717, 1.165) is 25.0 Å². The first-order valence-corrected chi connectivity index (χ1v) is 5.10. The van der Waals surface area contributed by atoms with Crippen LogP contribution in [-0.2, 0) is 0 Å². The Labute approximate surface area is 81.7 Å². The van der Waals surface area contributed by atoms with Crippen LogP contribution in [0.3, 0.4) is 0 Å². The quantitative estimate of drug-likeness (QED) is 0.483. The molecule has 1 aliphatic rings. The number of rotatable bonds is 6. The van der Waals surface area contributed by atoms with Gasteiger partial charge in [-0.2, -0.15) is 0 Å². The van der Waals surface area contributed by atoms with Crippen molar-refractivity contribution in [2.75, 3.05) is 26.7 Å². The molecular formula is C11H20N2. The molecule has 1 rings (SSSR count). The topological polar surface area (TPSA) is 15.3 Å². The van der Waals surface area contributed by atoms with Gasteiger partial charge in [0.15, 0.2) is 0 Å². The molecule has 0 spiro atoms. The second-order valence-corrected chi connectivity index (χ2v) is 3.94. The minimum Gasteiger partial charge on any atom is -0.305 e. The van der Waals surface area contributed by atoms with Gasteiger partial charge in [0.05, 0.1) is 6.54 Å². The molecule has 0 saturated heterocycles. The lowest BCUT2D eigenvalue weighted by Crippen LogP contribution is -2.36. The van der Waals surface area contributed by atoms with Crippen molar-refractivity contribution in [2.24, 2.45) is 5.92 Å². The molecule has 0 amide bonds. The van der Waals surface area contributed by atoms with E-state index in [1.54, 1.807) is 0 Å². The summed E-state index contributed by atoms with van der Waals surface area (Å²) in [6.45, 7) is 5.10. The van der Waals surface area contributed by atoms with Crippen molar-refractivity contribution < 1.29 is 0 Å². The average Bonchev–Trinajstić information content (AvgIpc) is 2.94. The Kier molecular flexibility index (Phi) is 4.27. The van der Waals surface area contributed by atoms with Gasteiger partial charge in [-0.15, -0.1) is 6.42 Å². The maximum atomic E-state index is 5.14. The highest BCUT2D eigenvalue weighted by molar-refractivity contribution is 4.87. The Morgan fingerprint density at radius 2 is 2.31 bits per heavy atom. The molecule has 1 aliphatic carbocycles. The van der Waals surface area contributed by atoms with Gasteiger partial charge < -0.3 is 10.2 Å². The number of likely N-dealkylation sites (N-methyl/N-ethyl adjacent to an activating group) is 1. The fourth-order valence-corrected chi connectivity index (χ4v) is 1.56. The summed E-state index contributed by atoms with van der Waals surface area (Å²) in [4.78, 5) is 2.42. The van der Waals surface area contributed by atoms with Gasteiger partial charge in [0.2, 0.25) is 0 Å². The minimum absolute atomic E-state index is 0.686. The molecular weight excluding hydrogens is 160 g/mol. The van der Waals surface area contributed by atoms with E-state index in [1.165, 1.54) is 12.8 Å². The first kappa shape index (κ1) is 10.6. The van der Waals surface area contributed by atoms with Crippen LogP contribution in [0.25, 0.3) is 0 Å². The van der Waals surface area contributed by atoms with Crippen LogP contribution in [0.4, 0.5) is 0 Å². The van der Waals surface area contributed by atoms with Crippen molar-refractivity contribution in [2.45, 2.75) is 25.8 Å². The fourth-order valence-electron chi connectivity index (χ4n) is 1.56. The predicted molar refractivity (Wildman–Crippen MR) is 56.5 cm³/mol. The normalized spacial score (nSPS) is 18.6. The van der Waals surface area contributed by atoms with Gasteiger partial charge in [0.25, 0.3) is 0 Å². The molecule has 1 N–H and O–H groups in total. The van der Waals surface area contributed by atoms with E-state index >= 15 is 0 Å². The molecule has 0 aromatic carbocycles. The molecule has 0 aromatic rings. The summed E-state index contributed by atoms with van der Waals surface area (Å²) in [7, 11) is 2.19. The van der Waals surface area contributed by atoms with Crippen molar-refractivity contribution in [3.05, 3.63) is 0 Å². The molecule has 0 aromatic heterocycles. The number of hydrogen-bond donors (Lipinski definition) is 1. The third-order valence-corrected chi connectivity index (χ3v) is 2.87. The SMILES string of the molecule is C#CCNCCN(C)C(C)C1CC1. The van der Waals surface area contributed by atoms with E-state index < -0.39 is 0 Å². The van der Waals surface area contributed by atoms with Crippen LogP contribution in [0, 0.1) is 18.3 Å². The minimum atomic E-state index is 0.686. The second-order valence-electron chi connectivity index (χ2n) is 3.94. The molecule has 0 aliphatic heterocycles. The second kappa shape index (κ2) is 5.26. The molecule has 1 saturated carbocycles. The summed E-state index contributed by atoms with van der Waals surface area (Å²) < 4.78 is 0. The van der Waals surface area contributed by atoms with E-state index in [1.807, 2.05) is 0 Å². The predicted octanol–water partition coefficient (Wildman–Crippen LogP) is 0.939. The molecule has 2 heteroatoms. The van der Waals surface area contributed by atoms with Gasteiger partial charge in [-0.1, -0.05) is 5.92 Å². The standard InChI is InChI=1S/C11H20N2/c1-4-7-12-8-9-13(3)10(2)11-5-6-11/h1,10-12H,5-9H2,2-3H3. The average molecular weight is 180 g/mol. The van der Waals surface area contributed by atoms with Crippen LogP contribution in [0.15, 0.2) is 0 Å². The number of nitrogens with zero attached hydrogens (tertiary/aromatic N) is 1. The van der Waals surface area contributed by atoms with E-state index in [9.17, 15) is 0 Å². The molecule has 2 nitrogen and oxygen atoms in total. The van der Waals surface area contributed by atoms with Crippen LogP contribution in [0.5, 0.6) is 0 Å². The highest BCUT2D eigenvalue weighted by atomic mass is 15.1. The first-order valence-electron chi connectivity index (χ1n) is 5.10. The van der Waals surface area contributed by atoms with E-state index in [4.69, 9.17) is 6.42 Å². The summed E-state index contributed by atoms with van der Waals surface area (Å²) in [5.41, 5.74) is 0. The van der Waals surface area contributed by atoms with Gasteiger partial charge in [-0.25, -0.2) is 0 Å². The number of terminal acetylenes is 1. The third-order valence-electron chi connectivity index (χ3n) is 2.87. The summed E-state index contributed by atoms with van der Waals surface area (Å²) in [6.07, 6.45) is 7.98. The Balaban J connectivity index is 2.03. The smallest absolute Gasteiger partial charge is 0.0574 e. The highest BCUT2D eigenvalue weighted by Crippen LogP contribution is 2.34. The van der Waals surface area contributed by atoms with Crippen LogP contribution >= 0.6 is 0 Å². The van der Waals surface area contributed by atoms with Crippen molar-refractivity contribution in [3.8, 4) is 12.3 Å². The zero-order valence-corrected chi connectivity index (χ0v) is 8.71. The maximum Gasteiger partial charge on any atom is 0.0574 e. The number of nitrogens with one attached hydrogen (secondary N) is 1. The Morgan fingerprint density at radius 1 is 1.62 bits per heavy atom. The monoisotopic (exact) mass is 180 g/mol. The van der Waals surface area contributed by atoms with Crippen molar-refractivity contribution in [1.29, 1.82) is 0 Å². The van der Waals surface area contributed by atoms with Crippen molar-refractivity contribution in [1.82, 2.24) is 10.2 Å². The molecule has 1 atom stereocenters.